The second-order valence-electron chi connectivity index (χ2n) is 5.75. The lowest BCUT2D eigenvalue weighted by Gasteiger charge is -2.10. The van der Waals surface area contributed by atoms with Gasteiger partial charge >= 0.3 is 6.18 Å². The van der Waals surface area contributed by atoms with Crippen molar-refractivity contribution in [2.45, 2.75) is 6.18 Å². The molecule has 1 heterocycles. The van der Waals surface area contributed by atoms with Crippen molar-refractivity contribution in [2.75, 3.05) is 10.6 Å². The summed E-state index contributed by atoms with van der Waals surface area (Å²) in [7, 11) is 0. The Morgan fingerprint density at radius 1 is 1.00 bits per heavy atom. The number of halogens is 3. The van der Waals surface area contributed by atoms with Crippen molar-refractivity contribution in [2.24, 2.45) is 0 Å². The van der Waals surface area contributed by atoms with Gasteiger partial charge in [-0.2, -0.15) is 18.4 Å². The lowest BCUT2D eigenvalue weighted by atomic mass is 10.2. The van der Waals surface area contributed by atoms with E-state index in [0.29, 0.717) is 16.9 Å². The molecule has 0 aliphatic heterocycles. The van der Waals surface area contributed by atoms with E-state index in [1.807, 2.05) is 0 Å². The normalized spacial score (nSPS) is 10.8. The Balaban J connectivity index is 1.71. The van der Waals surface area contributed by atoms with Crippen molar-refractivity contribution in [1.29, 1.82) is 5.26 Å². The minimum Gasteiger partial charge on any atom is -0.353 e. The molecule has 1 aromatic heterocycles. The van der Waals surface area contributed by atoms with Crippen molar-refractivity contribution in [3.8, 4) is 6.07 Å². The molecule has 0 atom stereocenters. The number of rotatable bonds is 4. The minimum absolute atomic E-state index is 0.0202. The molecule has 0 bridgehead atoms. The lowest BCUT2D eigenvalue weighted by molar-refractivity contribution is -0.137. The SMILES string of the molecule is N#Cc1ccccc1Nc1ccc(C(=O)Nc2cccc(C(F)(F)F)c2)nc1. The fraction of sp³-hybridized carbons (Fsp3) is 0.0500. The van der Waals surface area contributed by atoms with E-state index in [1.54, 1.807) is 30.3 Å². The third-order valence-corrected chi connectivity index (χ3v) is 3.77. The minimum atomic E-state index is -4.49. The zero-order valence-electron chi connectivity index (χ0n) is 14.3. The number of para-hydroxylation sites is 1. The number of amides is 1. The van der Waals surface area contributed by atoms with Crippen LogP contribution in [-0.2, 0) is 6.18 Å². The molecular formula is C20H13F3N4O. The Morgan fingerprint density at radius 3 is 2.46 bits per heavy atom. The Labute approximate surface area is 158 Å². The Hall–Kier alpha value is -3.86. The van der Waals surface area contributed by atoms with Crippen LogP contribution >= 0.6 is 0 Å². The highest BCUT2D eigenvalue weighted by atomic mass is 19.4. The highest BCUT2D eigenvalue weighted by Crippen LogP contribution is 2.30. The molecule has 0 unspecified atom stereocenters. The van der Waals surface area contributed by atoms with Crippen LogP contribution in [0.2, 0.25) is 0 Å². The second kappa shape index (κ2) is 7.80. The molecule has 0 aliphatic carbocycles. The first-order chi connectivity index (χ1) is 13.4. The number of hydrogen-bond donors (Lipinski definition) is 2. The molecule has 3 aromatic rings. The van der Waals surface area contributed by atoms with Gasteiger partial charge < -0.3 is 10.6 Å². The topological polar surface area (TPSA) is 77.8 Å². The third-order valence-electron chi connectivity index (χ3n) is 3.77. The first-order valence-electron chi connectivity index (χ1n) is 8.07. The number of nitriles is 1. The summed E-state index contributed by atoms with van der Waals surface area (Å²) >= 11 is 0. The summed E-state index contributed by atoms with van der Waals surface area (Å²) in [5.74, 6) is -0.636. The maximum absolute atomic E-state index is 12.8. The Kier molecular flexibility index (Phi) is 5.27. The zero-order chi connectivity index (χ0) is 20.1. The van der Waals surface area contributed by atoms with E-state index in [9.17, 15) is 18.0 Å². The van der Waals surface area contributed by atoms with E-state index >= 15 is 0 Å². The third kappa shape index (κ3) is 4.45. The highest BCUT2D eigenvalue weighted by molar-refractivity contribution is 6.03. The van der Waals surface area contributed by atoms with Gasteiger partial charge in [0.1, 0.15) is 11.8 Å². The van der Waals surface area contributed by atoms with E-state index in [1.165, 1.54) is 24.4 Å². The molecular weight excluding hydrogens is 369 g/mol. The van der Waals surface area contributed by atoms with Gasteiger partial charge in [-0.05, 0) is 42.5 Å². The van der Waals surface area contributed by atoms with Crippen LogP contribution < -0.4 is 10.6 Å². The fourth-order valence-electron chi connectivity index (χ4n) is 2.42. The summed E-state index contributed by atoms with van der Waals surface area (Å²) in [5, 5.41) is 14.5. The van der Waals surface area contributed by atoms with Gasteiger partial charge in [0, 0.05) is 5.69 Å². The van der Waals surface area contributed by atoms with E-state index in [4.69, 9.17) is 5.26 Å². The molecule has 2 aromatic carbocycles. The van der Waals surface area contributed by atoms with Gasteiger partial charge in [-0.25, -0.2) is 4.98 Å². The Bertz CT molecular complexity index is 1040. The number of hydrogen-bond acceptors (Lipinski definition) is 4. The summed E-state index contributed by atoms with van der Waals surface area (Å²) in [4.78, 5) is 16.2. The molecule has 2 N–H and O–H groups in total. The number of nitrogens with zero attached hydrogens (tertiary/aromatic N) is 2. The smallest absolute Gasteiger partial charge is 0.353 e. The van der Waals surface area contributed by atoms with Gasteiger partial charge in [-0.3, -0.25) is 4.79 Å². The van der Waals surface area contributed by atoms with Crippen LogP contribution in [0.4, 0.5) is 30.2 Å². The highest BCUT2D eigenvalue weighted by Gasteiger charge is 2.30. The number of anilines is 3. The van der Waals surface area contributed by atoms with E-state index in [-0.39, 0.29) is 11.4 Å². The molecule has 0 spiro atoms. The average Bonchev–Trinajstić information content (AvgIpc) is 2.68. The van der Waals surface area contributed by atoms with E-state index < -0.39 is 17.6 Å². The standard InChI is InChI=1S/C20H13F3N4O/c21-20(22,23)14-5-3-6-15(10-14)27-19(28)18-9-8-16(12-25-18)26-17-7-2-1-4-13(17)11-24/h1-10,12,26H,(H,27,28). The van der Waals surface area contributed by atoms with Gasteiger partial charge in [-0.15, -0.1) is 0 Å². The van der Waals surface area contributed by atoms with Crippen LogP contribution in [0, 0.1) is 11.3 Å². The van der Waals surface area contributed by atoms with Crippen molar-refractivity contribution in [3.63, 3.8) is 0 Å². The van der Waals surface area contributed by atoms with Gasteiger partial charge in [0.15, 0.2) is 0 Å². The van der Waals surface area contributed by atoms with Crippen molar-refractivity contribution in [3.05, 3.63) is 83.7 Å². The molecule has 0 radical (unpaired) electrons. The first-order valence-corrected chi connectivity index (χ1v) is 8.07. The van der Waals surface area contributed by atoms with Crippen molar-refractivity contribution < 1.29 is 18.0 Å². The van der Waals surface area contributed by atoms with Crippen LogP contribution in [-0.4, -0.2) is 10.9 Å². The van der Waals surface area contributed by atoms with Gasteiger partial charge in [0.2, 0.25) is 0 Å². The number of alkyl halides is 3. The lowest BCUT2D eigenvalue weighted by Crippen LogP contribution is -2.14. The monoisotopic (exact) mass is 382 g/mol. The van der Waals surface area contributed by atoms with Crippen LogP contribution in [0.25, 0.3) is 0 Å². The maximum Gasteiger partial charge on any atom is 0.416 e. The van der Waals surface area contributed by atoms with Crippen LogP contribution in [0.1, 0.15) is 21.6 Å². The van der Waals surface area contributed by atoms with Crippen molar-refractivity contribution >= 4 is 23.0 Å². The number of aromatic nitrogens is 1. The molecule has 140 valence electrons. The molecule has 0 saturated heterocycles. The fourth-order valence-corrected chi connectivity index (χ4v) is 2.42. The van der Waals surface area contributed by atoms with E-state index in [2.05, 4.69) is 21.7 Å². The number of pyridine rings is 1. The quantitative estimate of drug-likeness (QED) is 0.668. The summed E-state index contributed by atoms with van der Waals surface area (Å²) in [6.07, 6.45) is -3.10. The molecule has 0 aliphatic rings. The predicted molar refractivity (Wildman–Crippen MR) is 98.1 cm³/mol. The number of benzene rings is 2. The molecule has 1 amide bonds. The van der Waals surface area contributed by atoms with Crippen molar-refractivity contribution in [1.82, 2.24) is 4.98 Å². The zero-order valence-corrected chi connectivity index (χ0v) is 14.3. The van der Waals surface area contributed by atoms with Crippen LogP contribution in [0.3, 0.4) is 0 Å². The van der Waals surface area contributed by atoms with Gasteiger partial charge in [-0.1, -0.05) is 18.2 Å². The summed E-state index contributed by atoms with van der Waals surface area (Å²) in [6.45, 7) is 0. The maximum atomic E-state index is 12.8. The number of carbonyl (C=O) groups excluding carboxylic acids is 1. The average molecular weight is 382 g/mol. The summed E-state index contributed by atoms with van der Waals surface area (Å²) < 4.78 is 38.3. The molecule has 3 rings (SSSR count). The molecule has 8 heteroatoms. The van der Waals surface area contributed by atoms with Gasteiger partial charge in [0.05, 0.1) is 28.7 Å². The van der Waals surface area contributed by atoms with Crippen LogP contribution in [0.5, 0.6) is 0 Å². The first kappa shape index (κ1) is 18.9. The molecule has 5 nitrogen and oxygen atoms in total. The Morgan fingerprint density at radius 2 is 1.79 bits per heavy atom. The summed E-state index contributed by atoms with van der Waals surface area (Å²) in [5.41, 5.74) is 0.803. The summed E-state index contributed by atoms with van der Waals surface area (Å²) in [6, 6.07) is 16.3. The number of nitrogens with one attached hydrogen (secondary N) is 2. The van der Waals surface area contributed by atoms with Gasteiger partial charge in [0.25, 0.3) is 5.91 Å². The predicted octanol–water partition coefficient (Wildman–Crippen LogP) is 4.97. The van der Waals surface area contributed by atoms with E-state index in [0.717, 1.165) is 12.1 Å². The second-order valence-corrected chi connectivity index (χ2v) is 5.75. The molecule has 28 heavy (non-hydrogen) atoms. The number of carbonyl (C=O) groups is 1. The largest absolute Gasteiger partial charge is 0.416 e. The molecule has 0 saturated carbocycles. The van der Waals surface area contributed by atoms with Crippen LogP contribution in [0.15, 0.2) is 66.9 Å². The molecule has 0 fully saturated rings.